The van der Waals surface area contributed by atoms with E-state index < -0.39 is 0 Å². The van der Waals surface area contributed by atoms with E-state index in [4.69, 9.17) is 4.74 Å². The predicted octanol–water partition coefficient (Wildman–Crippen LogP) is 6.43. The molecule has 1 aromatic rings. The molecule has 2 heteroatoms. The summed E-state index contributed by atoms with van der Waals surface area (Å²) in [7, 11) is 0. The lowest BCUT2D eigenvalue weighted by Gasteiger charge is -2.25. The highest BCUT2D eigenvalue weighted by Gasteiger charge is 2.42. The first-order valence-electron chi connectivity index (χ1n) is 10.5. The van der Waals surface area contributed by atoms with E-state index in [9.17, 15) is 4.79 Å². The Morgan fingerprint density at radius 2 is 1.79 bits per heavy atom. The maximum atomic E-state index is 11.6. The molecule has 0 amide bonds. The quantitative estimate of drug-likeness (QED) is 0.343. The Morgan fingerprint density at radius 1 is 1.11 bits per heavy atom. The second kappa shape index (κ2) is 7.73. The monoisotopic (exact) mass is 378 g/mol. The van der Waals surface area contributed by atoms with Gasteiger partial charge < -0.3 is 4.74 Å². The van der Waals surface area contributed by atoms with Crippen molar-refractivity contribution in [3.63, 3.8) is 0 Å². The zero-order valence-corrected chi connectivity index (χ0v) is 18.3. The molecular weight excluding hydrogens is 344 g/mol. The van der Waals surface area contributed by atoms with Crippen molar-refractivity contribution in [1.29, 1.82) is 0 Å². The molecule has 0 saturated heterocycles. The summed E-state index contributed by atoms with van der Waals surface area (Å²) in [5.41, 5.74) is 8.78. The number of allylic oxidation sites excluding steroid dienone is 5. The fourth-order valence-electron chi connectivity index (χ4n) is 5.08. The van der Waals surface area contributed by atoms with Crippen LogP contribution in [-0.2, 0) is 26.8 Å². The van der Waals surface area contributed by atoms with Gasteiger partial charge in [-0.15, -0.1) is 0 Å². The Labute approximate surface area is 170 Å². The Kier molecular flexibility index (Phi) is 5.70. The van der Waals surface area contributed by atoms with Gasteiger partial charge >= 0.3 is 5.97 Å². The smallest absolute Gasteiger partial charge is 0.330 e. The largest absolute Gasteiger partial charge is 0.463 e. The molecular formula is C26H34O2. The summed E-state index contributed by atoms with van der Waals surface area (Å²) in [4.78, 5) is 11.6. The molecule has 0 N–H and O–H groups in total. The summed E-state index contributed by atoms with van der Waals surface area (Å²) in [6, 6.07) is 4.96. The summed E-state index contributed by atoms with van der Waals surface area (Å²) in [5.74, 6) is -0.277. The van der Waals surface area contributed by atoms with E-state index in [1.54, 1.807) is 11.6 Å². The van der Waals surface area contributed by atoms with E-state index in [0.717, 1.165) is 12.0 Å². The zero-order chi connectivity index (χ0) is 20.5. The number of hydrogen-bond donors (Lipinski definition) is 0. The molecule has 150 valence electrons. The normalized spacial score (nSPS) is 21.6. The molecule has 2 aliphatic rings. The standard InChI is InChI=1S/C26H34O2/c1-7-28-24(27)14-18(2)10-8-11-19-12-9-13-20-15-22-23(16-21(19)20)26(5,6)17-25(22,3)4/h8,10-11,14-16H,7,9,12-13,17H2,1-6H3. The van der Waals surface area contributed by atoms with E-state index in [-0.39, 0.29) is 16.8 Å². The third kappa shape index (κ3) is 4.16. The van der Waals surface area contributed by atoms with Gasteiger partial charge in [0.1, 0.15) is 0 Å². The van der Waals surface area contributed by atoms with Crippen molar-refractivity contribution in [3.05, 3.63) is 64.3 Å². The highest BCUT2D eigenvalue weighted by atomic mass is 16.5. The molecule has 0 heterocycles. The molecule has 0 bridgehead atoms. The molecule has 2 aliphatic carbocycles. The average Bonchev–Trinajstić information content (AvgIpc) is 2.78. The third-order valence-corrected chi connectivity index (χ3v) is 6.11. The van der Waals surface area contributed by atoms with E-state index in [1.165, 1.54) is 41.5 Å². The topological polar surface area (TPSA) is 26.3 Å². The first-order valence-corrected chi connectivity index (χ1v) is 10.5. The van der Waals surface area contributed by atoms with Gasteiger partial charge in [-0.25, -0.2) is 4.79 Å². The molecule has 3 rings (SSSR count). The number of ether oxygens (including phenoxy) is 1. The fraction of sp³-hybridized carbons (Fsp3) is 0.500. The number of hydrogen-bond acceptors (Lipinski definition) is 2. The second-order valence-corrected chi connectivity index (χ2v) is 9.54. The molecule has 2 nitrogen and oxygen atoms in total. The molecule has 28 heavy (non-hydrogen) atoms. The van der Waals surface area contributed by atoms with Crippen LogP contribution in [0.3, 0.4) is 0 Å². The number of carbonyl (C=O) groups excluding carboxylic acids is 1. The Bertz CT molecular complexity index is 863. The first kappa shape index (κ1) is 20.6. The van der Waals surface area contributed by atoms with Crippen molar-refractivity contribution in [2.24, 2.45) is 0 Å². The number of aryl methyl sites for hydroxylation is 1. The van der Waals surface area contributed by atoms with Gasteiger partial charge in [0.05, 0.1) is 6.61 Å². The van der Waals surface area contributed by atoms with Gasteiger partial charge in [-0.3, -0.25) is 0 Å². The molecule has 0 atom stereocenters. The number of esters is 1. The van der Waals surface area contributed by atoms with Crippen LogP contribution in [0.15, 0.2) is 42.0 Å². The average molecular weight is 379 g/mol. The highest BCUT2D eigenvalue weighted by molar-refractivity contribution is 5.83. The van der Waals surface area contributed by atoms with Crippen molar-refractivity contribution in [2.45, 2.75) is 78.1 Å². The van der Waals surface area contributed by atoms with Crippen LogP contribution in [0.4, 0.5) is 0 Å². The van der Waals surface area contributed by atoms with E-state index in [2.05, 4.69) is 52.0 Å². The zero-order valence-electron chi connectivity index (χ0n) is 18.3. The van der Waals surface area contributed by atoms with Gasteiger partial charge in [0.15, 0.2) is 0 Å². The minimum Gasteiger partial charge on any atom is -0.463 e. The van der Waals surface area contributed by atoms with Gasteiger partial charge in [0.25, 0.3) is 0 Å². The molecule has 1 aromatic carbocycles. The van der Waals surface area contributed by atoms with Crippen LogP contribution in [0.25, 0.3) is 5.57 Å². The number of benzene rings is 1. The summed E-state index contributed by atoms with van der Waals surface area (Å²) in [5, 5.41) is 0. The van der Waals surface area contributed by atoms with Crippen LogP contribution in [-0.4, -0.2) is 12.6 Å². The molecule has 0 aromatic heterocycles. The van der Waals surface area contributed by atoms with Crippen LogP contribution in [0.2, 0.25) is 0 Å². The minimum absolute atomic E-state index is 0.227. The molecule has 0 fully saturated rings. The second-order valence-electron chi connectivity index (χ2n) is 9.54. The lowest BCUT2D eigenvalue weighted by molar-refractivity contribution is -0.137. The maximum absolute atomic E-state index is 11.6. The fourth-order valence-corrected chi connectivity index (χ4v) is 5.08. The van der Waals surface area contributed by atoms with Crippen LogP contribution >= 0.6 is 0 Å². The van der Waals surface area contributed by atoms with Crippen LogP contribution in [0.5, 0.6) is 0 Å². The Hall–Kier alpha value is -2.09. The van der Waals surface area contributed by atoms with E-state index in [1.807, 2.05) is 19.9 Å². The van der Waals surface area contributed by atoms with E-state index in [0.29, 0.717) is 6.61 Å². The van der Waals surface area contributed by atoms with Gasteiger partial charge in [-0.2, -0.15) is 0 Å². The maximum Gasteiger partial charge on any atom is 0.330 e. The summed E-state index contributed by atoms with van der Waals surface area (Å²) in [6.07, 6.45) is 12.5. The minimum atomic E-state index is -0.277. The molecule has 0 spiro atoms. The number of fused-ring (bicyclic) bond motifs is 2. The van der Waals surface area contributed by atoms with Gasteiger partial charge in [-0.05, 0) is 83.8 Å². The summed E-state index contributed by atoms with van der Waals surface area (Å²) >= 11 is 0. The van der Waals surface area contributed by atoms with Crippen molar-refractivity contribution in [3.8, 4) is 0 Å². The number of carbonyl (C=O) groups is 1. The predicted molar refractivity (Wildman–Crippen MR) is 118 cm³/mol. The summed E-state index contributed by atoms with van der Waals surface area (Å²) in [6.45, 7) is 13.7. The van der Waals surface area contributed by atoms with Crippen LogP contribution in [0, 0.1) is 0 Å². The third-order valence-electron chi connectivity index (χ3n) is 6.11. The molecule has 0 unspecified atom stereocenters. The van der Waals surface area contributed by atoms with E-state index >= 15 is 0 Å². The van der Waals surface area contributed by atoms with Crippen molar-refractivity contribution in [2.75, 3.05) is 6.61 Å². The SMILES string of the molecule is CCOC(=O)C=C(C)C=CC=C1CCCc2cc3c(cc21)C(C)(C)CC3(C)C. The Morgan fingerprint density at radius 3 is 2.46 bits per heavy atom. The van der Waals surface area contributed by atoms with Gasteiger partial charge in [0, 0.05) is 6.08 Å². The Balaban J connectivity index is 1.91. The van der Waals surface area contributed by atoms with Crippen molar-refractivity contribution >= 4 is 11.5 Å². The van der Waals surface area contributed by atoms with Crippen LogP contribution < -0.4 is 0 Å². The lowest BCUT2D eigenvalue weighted by atomic mass is 9.80. The highest BCUT2D eigenvalue weighted by Crippen LogP contribution is 2.51. The molecule has 0 aliphatic heterocycles. The molecule has 0 saturated carbocycles. The summed E-state index contributed by atoms with van der Waals surface area (Å²) < 4.78 is 4.97. The number of rotatable bonds is 4. The van der Waals surface area contributed by atoms with Gasteiger partial charge in [-0.1, -0.05) is 58.1 Å². The molecule has 0 radical (unpaired) electrons. The van der Waals surface area contributed by atoms with Crippen LogP contribution in [0.1, 0.15) is 83.1 Å². The van der Waals surface area contributed by atoms with Crippen molar-refractivity contribution in [1.82, 2.24) is 0 Å². The van der Waals surface area contributed by atoms with Gasteiger partial charge in [0.2, 0.25) is 0 Å². The lowest BCUT2D eigenvalue weighted by Crippen LogP contribution is -2.18. The first-order chi connectivity index (χ1) is 13.1. The van der Waals surface area contributed by atoms with Crippen molar-refractivity contribution < 1.29 is 9.53 Å².